The van der Waals surface area contributed by atoms with Crippen LogP contribution in [0.3, 0.4) is 0 Å². The Kier molecular flexibility index (Phi) is 8.22. The van der Waals surface area contributed by atoms with Gasteiger partial charge in [-0.05, 0) is 55.4 Å². The Hall–Kier alpha value is -2.68. The Morgan fingerprint density at radius 3 is 2.55 bits per heavy atom. The van der Waals surface area contributed by atoms with Gasteiger partial charge >= 0.3 is 0 Å². The minimum atomic E-state index is -0.287. The lowest BCUT2D eigenvalue weighted by molar-refractivity contribution is 0.102. The predicted octanol–water partition coefficient (Wildman–Crippen LogP) is 4.87. The minimum Gasteiger partial charge on any atom is -0.493 e. The van der Waals surface area contributed by atoms with Gasteiger partial charge in [-0.25, -0.2) is 0 Å². The zero-order chi connectivity index (χ0) is 22.2. The maximum Gasteiger partial charge on any atom is 0.286 e. The lowest BCUT2D eigenvalue weighted by Crippen LogP contribution is -2.22. The molecule has 0 unspecified atom stereocenters. The standard InChI is InChI=1S/C22H25ClN4O3S/c1-4-27(13-15-6-11-18(30-5-2)19(12-15)29-3)14-20-25-26-22(31-20)21(28)24-17-9-7-16(23)8-10-17/h6-12H,4-5,13-14H2,1-3H3,(H,24,28). The Labute approximate surface area is 191 Å². The summed E-state index contributed by atoms with van der Waals surface area (Å²) in [7, 11) is 1.64. The van der Waals surface area contributed by atoms with Crippen LogP contribution in [0, 0.1) is 0 Å². The van der Waals surface area contributed by atoms with E-state index in [0.29, 0.717) is 41.2 Å². The van der Waals surface area contributed by atoms with Crippen LogP contribution in [0.1, 0.15) is 34.2 Å². The van der Waals surface area contributed by atoms with E-state index in [1.165, 1.54) is 11.3 Å². The second kappa shape index (κ2) is 11.1. The molecule has 31 heavy (non-hydrogen) atoms. The Morgan fingerprint density at radius 2 is 1.87 bits per heavy atom. The molecule has 0 aliphatic rings. The largest absolute Gasteiger partial charge is 0.493 e. The van der Waals surface area contributed by atoms with Crippen molar-refractivity contribution in [1.29, 1.82) is 0 Å². The van der Waals surface area contributed by atoms with Gasteiger partial charge in [0.2, 0.25) is 5.01 Å². The lowest BCUT2D eigenvalue weighted by Gasteiger charge is -2.19. The van der Waals surface area contributed by atoms with Crippen LogP contribution >= 0.6 is 22.9 Å². The van der Waals surface area contributed by atoms with Crippen LogP contribution < -0.4 is 14.8 Å². The molecule has 0 radical (unpaired) electrons. The highest BCUT2D eigenvalue weighted by molar-refractivity contribution is 7.13. The average Bonchev–Trinajstić information content (AvgIpc) is 3.24. The number of nitrogens with zero attached hydrogens (tertiary/aromatic N) is 3. The molecule has 1 aromatic heterocycles. The van der Waals surface area contributed by atoms with Gasteiger partial charge in [-0.2, -0.15) is 0 Å². The first-order valence-corrected chi connectivity index (χ1v) is 11.1. The molecule has 0 fully saturated rings. The number of rotatable bonds is 10. The maximum atomic E-state index is 12.4. The van der Waals surface area contributed by atoms with Crippen LogP contribution in [0.5, 0.6) is 11.5 Å². The number of halogens is 1. The minimum absolute atomic E-state index is 0.287. The smallest absolute Gasteiger partial charge is 0.286 e. The van der Waals surface area contributed by atoms with Crippen LogP contribution in [0.15, 0.2) is 42.5 Å². The molecule has 3 rings (SSSR count). The van der Waals surface area contributed by atoms with Gasteiger partial charge in [0, 0.05) is 17.3 Å². The highest BCUT2D eigenvalue weighted by Gasteiger charge is 2.16. The molecule has 7 nitrogen and oxygen atoms in total. The van der Waals surface area contributed by atoms with E-state index in [1.54, 1.807) is 31.4 Å². The van der Waals surface area contributed by atoms with Crippen LogP contribution in [0.4, 0.5) is 5.69 Å². The number of hydrogen-bond acceptors (Lipinski definition) is 7. The number of methoxy groups -OCH3 is 1. The molecule has 164 valence electrons. The van der Waals surface area contributed by atoms with Gasteiger partial charge in [0.25, 0.3) is 5.91 Å². The second-order valence-electron chi connectivity index (χ2n) is 6.68. The van der Waals surface area contributed by atoms with Crippen LogP contribution in [-0.2, 0) is 13.1 Å². The van der Waals surface area contributed by atoms with E-state index >= 15 is 0 Å². The molecule has 0 saturated carbocycles. The predicted molar refractivity (Wildman–Crippen MR) is 123 cm³/mol. The molecule has 0 saturated heterocycles. The zero-order valence-corrected chi connectivity index (χ0v) is 19.3. The molecule has 0 bridgehead atoms. The Morgan fingerprint density at radius 1 is 1.10 bits per heavy atom. The highest BCUT2D eigenvalue weighted by atomic mass is 35.5. The van der Waals surface area contributed by atoms with Crippen LogP contribution in [0.2, 0.25) is 5.02 Å². The first-order valence-electron chi connectivity index (χ1n) is 9.93. The van der Waals surface area contributed by atoms with Gasteiger partial charge in [-0.3, -0.25) is 9.69 Å². The van der Waals surface area contributed by atoms with Gasteiger partial charge < -0.3 is 14.8 Å². The number of amides is 1. The maximum absolute atomic E-state index is 12.4. The van der Waals surface area contributed by atoms with Gasteiger partial charge in [-0.1, -0.05) is 35.9 Å². The molecule has 0 spiro atoms. The van der Waals surface area contributed by atoms with E-state index in [2.05, 4.69) is 27.3 Å². The van der Waals surface area contributed by atoms with Crippen molar-refractivity contribution < 1.29 is 14.3 Å². The van der Waals surface area contributed by atoms with Crippen molar-refractivity contribution in [2.45, 2.75) is 26.9 Å². The molecule has 0 aliphatic heterocycles. The summed E-state index contributed by atoms with van der Waals surface area (Å²) in [5.41, 5.74) is 1.76. The SMILES string of the molecule is CCOc1ccc(CN(CC)Cc2nnc(C(=O)Nc3ccc(Cl)cc3)s2)cc1OC. The van der Waals surface area contributed by atoms with E-state index < -0.39 is 0 Å². The molecular formula is C22H25ClN4O3S. The molecule has 3 aromatic rings. The second-order valence-corrected chi connectivity index (χ2v) is 8.18. The number of hydrogen-bond donors (Lipinski definition) is 1. The molecule has 1 heterocycles. The molecule has 0 aliphatic carbocycles. The monoisotopic (exact) mass is 460 g/mol. The quantitative estimate of drug-likeness (QED) is 0.465. The van der Waals surface area contributed by atoms with Crippen molar-refractivity contribution in [1.82, 2.24) is 15.1 Å². The van der Waals surface area contributed by atoms with Gasteiger partial charge in [0.05, 0.1) is 20.3 Å². The number of nitrogens with one attached hydrogen (secondary N) is 1. The summed E-state index contributed by atoms with van der Waals surface area (Å²) in [6.45, 7) is 6.74. The summed E-state index contributed by atoms with van der Waals surface area (Å²) in [5, 5.41) is 12.8. The third-order valence-electron chi connectivity index (χ3n) is 4.50. The molecule has 2 aromatic carbocycles. The summed E-state index contributed by atoms with van der Waals surface area (Å²) in [6.07, 6.45) is 0. The summed E-state index contributed by atoms with van der Waals surface area (Å²) >= 11 is 7.16. The van der Waals surface area contributed by atoms with E-state index in [-0.39, 0.29) is 5.91 Å². The Balaban J connectivity index is 1.62. The molecule has 1 amide bonds. The summed E-state index contributed by atoms with van der Waals surface area (Å²) < 4.78 is 11.0. The first-order chi connectivity index (χ1) is 15.0. The fraction of sp³-hybridized carbons (Fsp3) is 0.318. The van der Waals surface area contributed by atoms with E-state index in [4.69, 9.17) is 21.1 Å². The zero-order valence-electron chi connectivity index (χ0n) is 17.7. The molecule has 9 heteroatoms. The third-order valence-corrected chi connectivity index (χ3v) is 5.66. The van der Waals surface area contributed by atoms with Crippen molar-refractivity contribution in [3.63, 3.8) is 0 Å². The Bertz CT molecular complexity index is 1010. The van der Waals surface area contributed by atoms with Gasteiger partial charge in [0.1, 0.15) is 5.01 Å². The molecular weight excluding hydrogens is 436 g/mol. The van der Waals surface area contributed by atoms with E-state index in [9.17, 15) is 4.79 Å². The fourth-order valence-corrected chi connectivity index (χ4v) is 3.84. The summed E-state index contributed by atoms with van der Waals surface area (Å²) in [5.74, 6) is 1.16. The van der Waals surface area contributed by atoms with Crippen molar-refractivity contribution in [3.8, 4) is 11.5 Å². The fourth-order valence-electron chi connectivity index (χ4n) is 2.94. The van der Waals surface area contributed by atoms with Crippen molar-refractivity contribution >= 4 is 34.5 Å². The lowest BCUT2D eigenvalue weighted by atomic mass is 10.2. The number of carbonyl (C=O) groups excluding carboxylic acids is 1. The normalized spacial score (nSPS) is 10.9. The van der Waals surface area contributed by atoms with E-state index in [1.807, 2.05) is 25.1 Å². The number of ether oxygens (including phenoxy) is 2. The van der Waals surface area contributed by atoms with Gasteiger partial charge in [0.15, 0.2) is 11.5 Å². The average molecular weight is 461 g/mol. The van der Waals surface area contributed by atoms with Crippen molar-refractivity contribution in [2.24, 2.45) is 0 Å². The molecule has 1 N–H and O–H groups in total. The number of anilines is 1. The van der Waals surface area contributed by atoms with Crippen LogP contribution in [0.25, 0.3) is 0 Å². The summed E-state index contributed by atoms with van der Waals surface area (Å²) in [6, 6.07) is 12.9. The van der Waals surface area contributed by atoms with Gasteiger partial charge in [-0.15, -0.1) is 10.2 Å². The van der Waals surface area contributed by atoms with Crippen molar-refractivity contribution in [2.75, 3.05) is 25.6 Å². The van der Waals surface area contributed by atoms with Crippen molar-refractivity contribution in [3.05, 3.63) is 63.1 Å². The summed E-state index contributed by atoms with van der Waals surface area (Å²) in [4.78, 5) is 14.7. The highest BCUT2D eigenvalue weighted by Crippen LogP contribution is 2.29. The molecule has 0 atom stereocenters. The van der Waals surface area contributed by atoms with E-state index in [0.717, 1.165) is 22.9 Å². The number of aromatic nitrogens is 2. The first kappa shape index (κ1) is 23.0. The third kappa shape index (κ3) is 6.40. The number of benzene rings is 2. The number of carbonyl (C=O) groups is 1. The topological polar surface area (TPSA) is 76.6 Å². The van der Waals surface area contributed by atoms with Crippen LogP contribution in [-0.4, -0.2) is 41.3 Å².